The predicted octanol–water partition coefficient (Wildman–Crippen LogP) is 5.56. The molecule has 2 amide bonds. The number of amides is 2. The number of likely N-dealkylation sites (tertiary alicyclic amines) is 1. The number of hydrogen-bond donors (Lipinski definition) is 0. The third-order valence-corrected chi connectivity index (χ3v) is 8.85. The average Bonchev–Trinajstić information content (AvgIpc) is 3.42. The molecule has 1 aliphatic heterocycles. The number of aromatic nitrogens is 1. The maximum Gasteiger partial charge on any atom is 0.273 e. The fourth-order valence-electron chi connectivity index (χ4n) is 5.72. The van der Waals surface area contributed by atoms with E-state index in [-0.39, 0.29) is 23.8 Å². The second kappa shape index (κ2) is 11.1. The molecule has 1 aliphatic carbocycles. The molecule has 1 atom stereocenters. The summed E-state index contributed by atoms with van der Waals surface area (Å²) in [6, 6.07) is 14.5. The third kappa shape index (κ3) is 5.42. The van der Waals surface area contributed by atoms with E-state index in [4.69, 9.17) is 9.72 Å². The van der Waals surface area contributed by atoms with E-state index in [2.05, 4.69) is 24.3 Å². The molecule has 1 saturated heterocycles. The van der Waals surface area contributed by atoms with Gasteiger partial charge in [-0.3, -0.25) is 9.59 Å². The Hall–Kier alpha value is -3.19. The molecule has 0 unspecified atom stereocenters. The molecule has 0 spiro atoms. The summed E-state index contributed by atoms with van der Waals surface area (Å²) < 4.78 is 5.45. The van der Waals surface area contributed by atoms with Crippen LogP contribution in [0.25, 0.3) is 0 Å². The van der Waals surface area contributed by atoms with Crippen molar-refractivity contribution in [1.82, 2.24) is 14.8 Å². The molecule has 1 aromatic heterocycles. The quantitative estimate of drug-likeness (QED) is 0.430. The molecule has 7 heteroatoms. The van der Waals surface area contributed by atoms with Gasteiger partial charge in [-0.15, -0.1) is 11.3 Å². The second-order valence-corrected chi connectivity index (χ2v) is 11.1. The molecular formula is C30H35N3O3S. The maximum atomic E-state index is 13.3. The van der Waals surface area contributed by atoms with Crippen molar-refractivity contribution in [1.29, 1.82) is 0 Å². The number of hydrogen-bond acceptors (Lipinski definition) is 5. The largest absolute Gasteiger partial charge is 0.496 e. The molecule has 5 rings (SSSR count). The van der Waals surface area contributed by atoms with E-state index < -0.39 is 0 Å². The number of ether oxygens (including phenoxy) is 1. The summed E-state index contributed by atoms with van der Waals surface area (Å²) in [5.41, 5.74) is 5.20. The first-order valence-electron chi connectivity index (χ1n) is 13.2. The van der Waals surface area contributed by atoms with Gasteiger partial charge in [0.2, 0.25) is 5.91 Å². The number of benzene rings is 2. The summed E-state index contributed by atoms with van der Waals surface area (Å²) in [6.07, 6.45) is 5.23. The van der Waals surface area contributed by atoms with Crippen LogP contribution in [0, 0.1) is 6.92 Å². The summed E-state index contributed by atoms with van der Waals surface area (Å²) in [5.74, 6) is 1.16. The van der Waals surface area contributed by atoms with Crippen LogP contribution in [0.2, 0.25) is 0 Å². The van der Waals surface area contributed by atoms with Crippen LogP contribution in [0.15, 0.2) is 47.8 Å². The van der Waals surface area contributed by atoms with E-state index >= 15 is 0 Å². The summed E-state index contributed by atoms with van der Waals surface area (Å²) >= 11 is 1.57. The predicted molar refractivity (Wildman–Crippen MR) is 146 cm³/mol. The molecule has 3 aromatic rings. The van der Waals surface area contributed by atoms with Gasteiger partial charge >= 0.3 is 0 Å². The number of carbonyl (C=O) groups is 2. The fraction of sp³-hybridized carbons (Fsp3) is 0.433. The molecule has 2 heterocycles. The lowest BCUT2D eigenvalue weighted by molar-refractivity contribution is -0.131. The van der Waals surface area contributed by atoms with Crippen molar-refractivity contribution >= 4 is 23.2 Å². The van der Waals surface area contributed by atoms with Crippen LogP contribution in [0.1, 0.15) is 75.4 Å². The number of piperidine rings is 1. The highest BCUT2D eigenvalue weighted by Crippen LogP contribution is 2.35. The Bertz CT molecular complexity index is 1280. The van der Waals surface area contributed by atoms with Crippen LogP contribution in [-0.4, -0.2) is 53.8 Å². The zero-order chi connectivity index (χ0) is 25.9. The number of nitrogens with zero attached hydrogens (tertiary/aromatic N) is 3. The zero-order valence-electron chi connectivity index (χ0n) is 21.9. The van der Waals surface area contributed by atoms with Gasteiger partial charge in [0, 0.05) is 37.0 Å². The summed E-state index contributed by atoms with van der Waals surface area (Å²) in [5, 5.41) is 2.91. The smallest absolute Gasteiger partial charge is 0.273 e. The van der Waals surface area contributed by atoms with E-state index in [0.717, 1.165) is 54.0 Å². The van der Waals surface area contributed by atoms with E-state index in [1.54, 1.807) is 18.4 Å². The Balaban J connectivity index is 1.19. The highest BCUT2D eigenvalue weighted by molar-refractivity contribution is 7.09. The van der Waals surface area contributed by atoms with E-state index in [1.165, 1.54) is 11.1 Å². The molecule has 2 aromatic carbocycles. The fourth-order valence-corrected chi connectivity index (χ4v) is 6.69. The van der Waals surface area contributed by atoms with Crippen LogP contribution >= 0.6 is 11.3 Å². The van der Waals surface area contributed by atoms with Gasteiger partial charge < -0.3 is 14.5 Å². The van der Waals surface area contributed by atoms with E-state index in [0.29, 0.717) is 25.2 Å². The van der Waals surface area contributed by atoms with Crippen LogP contribution < -0.4 is 4.74 Å². The molecule has 0 N–H and O–H groups in total. The normalized spacial score (nSPS) is 17.8. The Morgan fingerprint density at radius 3 is 2.70 bits per heavy atom. The lowest BCUT2D eigenvalue weighted by Crippen LogP contribution is -2.38. The Labute approximate surface area is 223 Å². The number of methoxy groups -OCH3 is 1. The Morgan fingerprint density at radius 1 is 1.14 bits per heavy atom. The van der Waals surface area contributed by atoms with Crippen molar-refractivity contribution in [3.8, 4) is 5.75 Å². The zero-order valence-corrected chi connectivity index (χ0v) is 22.7. The van der Waals surface area contributed by atoms with Gasteiger partial charge in [-0.25, -0.2) is 4.98 Å². The number of fused-ring (bicyclic) bond motifs is 1. The minimum absolute atomic E-state index is 0.0103. The molecule has 1 fully saturated rings. The lowest BCUT2D eigenvalue weighted by Gasteiger charge is -2.33. The van der Waals surface area contributed by atoms with Crippen LogP contribution in [-0.2, 0) is 17.6 Å². The van der Waals surface area contributed by atoms with Gasteiger partial charge in [-0.1, -0.05) is 42.0 Å². The molecule has 0 radical (unpaired) electrons. The van der Waals surface area contributed by atoms with Gasteiger partial charge in [-0.05, 0) is 56.2 Å². The summed E-state index contributed by atoms with van der Waals surface area (Å²) in [6.45, 7) is 3.44. The van der Waals surface area contributed by atoms with E-state index in [1.807, 2.05) is 47.4 Å². The maximum absolute atomic E-state index is 13.3. The highest BCUT2D eigenvalue weighted by Gasteiger charge is 2.30. The lowest BCUT2D eigenvalue weighted by atomic mass is 9.87. The van der Waals surface area contributed by atoms with Crippen LogP contribution in [0.5, 0.6) is 5.75 Å². The standard InChI is InChI=1S/C30H35N3O3S/c1-20-11-12-27(36-3)23(17-20)18-28(34)33-15-13-22(14-16-33)29-31-25(19-37-29)30(35)32(2)26-10-6-8-21-7-4-5-9-24(21)26/h4-5,7,9,11-12,17,19,22,26H,6,8,10,13-16,18H2,1-3H3/t26-/m1/s1. The van der Waals surface area contributed by atoms with Crippen molar-refractivity contribution in [2.24, 2.45) is 0 Å². The van der Waals surface area contributed by atoms with Gasteiger partial charge in [0.1, 0.15) is 11.4 Å². The first kappa shape index (κ1) is 25.5. The Kier molecular flexibility index (Phi) is 7.60. The molecular weight excluding hydrogens is 482 g/mol. The number of rotatable bonds is 6. The molecule has 2 aliphatic rings. The summed E-state index contributed by atoms with van der Waals surface area (Å²) in [4.78, 5) is 35.0. The Morgan fingerprint density at radius 2 is 1.92 bits per heavy atom. The molecule has 194 valence electrons. The third-order valence-electron chi connectivity index (χ3n) is 7.84. The molecule has 37 heavy (non-hydrogen) atoms. The first-order valence-corrected chi connectivity index (χ1v) is 14.0. The highest BCUT2D eigenvalue weighted by atomic mass is 32.1. The van der Waals surface area contributed by atoms with Gasteiger partial charge in [0.15, 0.2) is 0 Å². The van der Waals surface area contributed by atoms with Gasteiger partial charge in [-0.2, -0.15) is 0 Å². The van der Waals surface area contributed by atoms with Crippen LogP contribution in [0.4, 0.5) is 0 Å². The summed E-state index contributed by atoms with van der Waals surface area (Å²) in [7, 11) is 3.55. The topological polar surface area (TPSA) is 62.7 Å². The van der Waals surface area contributed by atoms with Gasteiger partial charge in [0.05, 0.1) is 24.6 Å². The van der Waals surface area contributed by atoms with E-state index in [9.17, 15) is 9.59 Å². The number of thiazole rings is 1. The van der Waals surface area contributed by atoms with Crippen molar-refractivity contribution in [3.05, 3.63) is 80.8 Å². The van der Waals surface area contributed by atoms with Crippen molar-refractivity contribution in [2.75, 3.05) is 27.2 Å². The van der Waals surface area contributed by atoms with Crippen molar-refractivity contribution < 1.29 is 14.3 Å². The molecule has 0 saturated carbocycles. The van der Waals surface area contributed by atoms with Gasteiger partial charge in [0.25, 0.3) is 5.91 Å². The number of carbonyl (C=O) groups excluding carboxylic acids is 2. The van der Waals surface area contributed by atoms with Crippen LogP contribution in [0.3, 0.4) is 0 Å². The minimum Gasteiger partial charge on any atom is -0.496 e. The van der Waals surface area contributed by atoms with Crippen molar-refractivity contribution in [3.63, 3.8) is 0 Å². The molecule has 6 nitrogen and oxygen atoms in total. The first-order chi connectivity index (χ1) is 17.9. The molecule has 0 bridgehead atoms. The number of aryl methyl sites for hydroxylation is 2. The SMILES string of the molecule is COc1ccc(C)cc1CC(=O)N1CCC(c2nc(C(=O)N(C)[C@@H]3CCCc4ccccc43)cs2)CC1. The second-order valence-electron chi connectivity index (χ2n) is 10.2. The monoisotopic (exact) mass is 517 g/mol. The van der Waals surface area contributed by atoms with Crippen molar-refractivity contribution in [2.45, 2.75) is 57.4 Å². The minimum atomic E-state index is -0.0103. The average molecular weight is 518 g/mol.